The highest BCUT2D eigenvalue weighted by Gasteiger charge is 1.93. The van der Waals surface area contributed by atoms with Gasteiger partial charge >= 0.3 is 0 Å². The molecule has 0 aromatic heterocycles. The maximum Gasteiger partial charge on any atom is 0.00989 e. The molecule has 0 amide bonds. The summed E-state index contributed by atoms with van der Waals surface area (Å²) in [5, 5.41) is 1.85. The standard InChI is InChI=1S/C9H14S/c1-5-8(4)9(6-2)10-7-3/h5-7H,3H2,1-2,4H3/b8-5-,9-6+. The van der Waals surface area contributed by atoms with Crippen LogP contribution in [0.1, 0.15) is 20.8 Å². The summed E-state index contributed by atoms with van der Waals surface area (Å²) in [7, 11) is 0. The Morgan fingerprint density at radius 1 is 1.30 bits per heavy atom. The summed E-state index contributed by atoms with van der Waals surface area (Å²) in [6, 6.07) is 0. The van der Waals surface area contributed by atoms with Crippen LogP contribution < -0.4 is 0 Å². The van der Waals surface area contributed by atoms with E-state index in [4.69, 9.17) is 0 Å². The van der Waals surface area contributed by atoms with Crippen molar-refractivity contribution in [2.45, 2.75) is 20.8 Å². The predicted molar refractivity (Wildman–Crippen MR) is 51.0 cm³/mol. The van der Waals surface area contributed by atoms with Gasteiger partial charge in [-0.1, -0.05) is 30.5 Å². The first kappa shape index (κ1) is 9.57. The number of hydrogen-bond acceptors (Lipinski definition) is 1. The normalized spacial score (nSPS) is 13.5. The minimum atomic E-state index is 1.29. The number of hydrogen-bond donors (Lipinski definition) is 0. The maximum absolute atomic E-state index is 3.66. The molecular weight excluding hydrogens is 140 g/mol. The van der Waals surface area contributed by atoms with Gasteiger partial charge in [0.1, 0.15) is 0 Å². The number of thioether (sulfide) groups is 1. The lowest BCUT2D eigenvalue weighted by atomic mass is 10.3. The molecule has 0 aliphatic rings. The highest BCUT2D eigenvalue weighted by atomic mass is 32.2. The van der Waals surface area contributed by atoms with E-state index in [0.717, 1.165) is 0 Å². The van der Waals surface area contributed by atoms with Crippen LogP contribution >= 0.6 is 11.8 Å². The molecule has 0 radical (unpaired) electrons. The fourth-order valence-electron chi connectivity index (χ4n) is 0.621. The van der Waals surface area contributed by atoms with Crippen LogP contribution in [0, 0.1) is 0 Å². The summed E-state index contributed by atoms with van der Waals surface area (Å²) in [4.78, 5) is 1.29. The fourth-order valence-corrected chi connectivity index (χ4v) is 1.24. The molecule has 0 aromatic rings. The third-order valence-corrected chi connectivity index (χ3v) is 2.27. The van der Waals surface area contributed by atoms with Crippen LogP contribution in [0.5, 0.6) is 0 Å². The summed E-state index contributed by atoms with van der Waals surface area (Å²) in [6.07, 6.45) is 4.20. The molecule has 0 saturated carbocycles. The van der Waals surface area contributed by atoms with Gasteiger partial charge in [0, 0.05) is 4.91 Å². The van der Waals surface area contributed by atoms with Crippen LogP contribution in [0.3, 0.4) is 0 Å². The van der Waals surface area contributed by atoms with Crippen LogP contribution in [0.2, 0.25) is 0 Å². The van der Waals surface area contributed by atoms with Gasteiger partial charge in [-0.3, -0.25) is 0 Å². The van der Waals surface area contributed by atoms with Gasteiger partial charge in [0.05, 0.1) is 0 Å². The van der Waals surface area contributed by atoms with Gasteiger partial charge < -0.3 is 0 Å². The molecule has 10 heavy (non-hydrogen) atoms. The molecule has 0 atom stereocenters. The van der Waals surface area contributed by atoms with Crippen molar-refractivity contribution in [3.63, 3.8) is 0 Å². The van der Waals surface area contributed by atoms with Crippen molar-refractivity contribution < 1.29 is 0 Å². The second kappa shape index (κ2) is 5.36. The summed E-state index contributed by atoms with van der Waals surface area (Å²) in [5.41, 5.74) is 1.31. The van der Waals surface area contributed by atoms with Gasteiger partial charge in [-0.25, -0.2) is 0 Å². The van der Waals surface area contributed by atoms with Crippen molar-refractivity contribution in [1.82, 2.24) is 0 Å². The Morgan fingerprint density at radius 2 is 1.90 bits per heavy atom. The maximum atomic E-state index is 3.66. The van der Waals surface area contributed by atoms with Gasteiger partial charge in [0.2, 0.25) is 0 Å². The van der Waals surface area contributed by atoms with E-state index in [-0.39, 0.29) is 0 Å². The molecule has 0 saturated heterocycles. The van der Waals surface area contributed by atoms with Crippen molar-refractivity contribution in [1.29, 1.82) is 0 Å². The zero-order chi connectivity index (χ0) is 7.98. The highest BCUT2D eigenvalue weighted by Crippen LogP contribution is 2.23. The van der Waals surface area contributed by atoms with Gasteiger partial charge in [-0.2, -0.15) is 0 Å². The Kier molecular flexibility index (Phi) is 5.13. The van der Waals surface area contributed by atoms with E-state index in [0.29, 0.717) is 0 Å². The zero-order valence-corrected chi connectivity index (χ0v) is 7.66. The summed E-state index contributed by atoms with van der Waals surface area (Å²) < 4.78 is 0. The van der Waals surface area contributed by atoms with E-state index >= 15 is 0 Å². The van der Waals surface area contributed by atoms with Crippen LogP contribution in [0.4, 0.5) is 0 Å². The molecule has 0 aliphatic heterocycles. The van der Waals surface area contributed by atoms with Crippen molar-refractivity contribution in [3.05, 3.63) is 34.6 Å². The first-order chi connectivity index (χ1) is 4.76. The SMILES string of the molecule is C=CSC(=C/C)/C(C)=C\C. The van der Waals surface area contributed by atoms with E-state index in [9.17, 15) is 0 Å². The molecule has 0 spiro atoms. The topological polar surface area (TPSA) is 0 Å². The Balaban J connectivity index is 4.22. The Morgan fingerprint density at radius 3 is 2.20 bits per heavy atom. The van der Waals surface area contributed by atoms with Crippen LogP contribution in [0.25, 0.3) is 0 Å². The van der Waals surface area contributed by atoms with Crippen LogP contribution in [-0.4, -0.2) is 0 Å². The average molecular weight is 154 g/mol. The van der Waals surface area contributed by atoms with E-state index < -0.39 is 0 Å². The zero-order valence-electron chi connectivity index (χ0n) is 6.85. The molecule has 0 rings (SSSR count). The van der Waals surface area contributed by atoms with E-state index in [2.05, 4.69) is 25.7 Å². The molecular formula is C9H14S. The summed E-state index contributed by atoms with van der Waals surface area (Å²) >= 11 is 1.67. The second-order valence-corrected chi connectivity index (χ2v) is 2.92. The van der Waals surface area contributed by atoms with Crippen LogP contribution in [0.15, 0.2) is 34.6 Å². The molecule has 0 heterocycles. The molecule has 0 bridgehead atoms. The van der Waals surface area contributed by atoms with E-state index in [1.54, 1.807) is 11.8 Å². The minimum absolute atomic E-state index is 1.29. The third kappa shape index (κ3) is 2.92. The first-order valence-corrected chi connectivity index (χ1v) is 4.21. The molecule has 1 heteroatoms. The number of allylic oxidation sites excluding steroid dienone is 3. The van der Waals surface area contributed by atoms with Crippen molar-refractivity contribution in [2.75, 3.05) is 0 Å². The smallest absolute Gasteiger partial charge is 0.00989 e. The van der Waals surface area contributed by atoms with E-state index in [1.807, 2.05) is 19.3 Å². The molecule has 0 aliphatic carbocycles. The quantitative estimate of drug-likeness (QED) is 0.558. The molecule has 0 fully saturated rings. The average Bonchev–Trinajstić information content (AvgIpc) is 1.99. The molecule has 0 nitrogen and oxygen atoms in total. The second-order valence-electron chi connectivity index (χ2n) is 1.91. The molecule has 0 aromatic carbocycles. The molecule has 56 valence electrons. The third-order valence-electron chi connectivity index (χ3n) is 1.29. The largest absolute Gasteiger partial charge is 0.0988 e. The molecule has 0 unspecified atom stereocenters. The number of rotatable bonds is 3. The van der Waals surface area contributed by atoms with Crippen molar-refractivity contribution in [3.8, 4) is 0 Å². The minimum Gasteiger partial charge on any atom is -0.0988 e. The van der Waals surface area contributed by atoms with Gasteiger partial charge in [-0.15, -0.1) is 0 Å². The van der Waals surface area contributed by atoms with Gasteiger partial charge in [0.15, 0.2) is 0 Å². The first-order valence-electron chi connectivity index (χ1n) is 3.33. The Hall–Kier alpha value is -0.430. The lowest BCUT2D eigenvalue weighted by Crippen LogP contribution is -1.75. The lowest BCUT2D eigenvalue weighted by Gasteiger charge is -2.00. The Labute approximate surface area is 67.7 Å². The van der Waals surface area contributed by atoms with Crippen LogP contribution in [-0.2, 0) is 0 Å². The van der Waals surface area contributed by atoms with Crippen molar-refractivity contribution >= 4 is 11.8 Å². The Bertz CT molecular complexity index is 164. The molecule has 0 N–H and O–H groups in total. The van der Waals surface area contributed by atoms with E-state index in [1.165, 1.54) is 10.5 Å². The summed E-state index contributed by atoms with van der Waals surface area (Å²) in [5.74, 6) is 0. The summed E-state index contributed by atoms with van der Waals surface area (Å²) in [6.45, 7) is 9.85. The lowest BCUT2D eigenvalue weighted by molar-refractivity contribution is 1.44. The van der Waals surface area contributed by atoms with Crippen molar-refractivity contribution in [2.24, 2.45) is 0 Å². The highest BCUT2D eigenvalue weighted by molar-refractivity contribution is 8.06. The van der Waals surface area contributed by atoms with Gasteiger partial charge in [-0.05, 0) is 31.8 Å². The monoisotopic (exact) mass is 154 g/mol. The fraction of sp³-hybridized carbons (Fsp3) is 0.333. The predicted octanol–water partition coefficient (Wildman–Crippen LogP) is 3.73. The van der Waals surface area contributed by atoms with Gasteiger partial charge in [0.25, 0.3) is 0 Å².